The Morgan fingerprint density at radius 2 is 2.18 bits per heavy atom. The lowest BCUT2D eigenvalue weighted by Crippen LogP contribution is -2.22. The van der Waals surface area contributed by atoms with Crippen LogP contribution < -0.4 is 5.32 Å². The summed E-state index contributed by atoms with van der Waals surface area (Å²) in [5, 5.41) is 7.24. The Kier molecular flexibility index (Phi) is 3.05. The summed E-state index contributed by atoms with van der Waals surface area (Å²) >= 11 is 1.56. The van der Waals surface area contributed by atoms with E-state index in [9.17, 15) is 4.79 Å². The van der Waals surface area contributed by atoms with Gasteiger partial charge in [0.25, 0.3) is 5.91 Å². The van der Waals surface area contributed by atoms with Gasteiger partial charge in [0.05, 0.1) is 21.1 Å². The molecule has 3 heterocycles. The van der Waals surface area contributed by atoms with E-state index in [2.05, 4.69) is 20.4 Å². The van der Waals surface area contributed by atoms with Crippen LogP contribution in [-0.4, -0.2) is 21.0 Å². The number of nitrogens with one attached hydrogen (secondary N) is 1. The molecule has 0 spiro atoms. The van der Waals surface area contributed by atoms with Crippen molar-refractivity contribution >= 4 is 38.5 Å². The van der Waals surface area contributed by atoms with Crippen molar-refractivity contribution in [3.05, 3.63) is 53.4 Å². The van der Waals surface area contributed by atoms with E-state index in [1.165, 1.54) is 0 Å². The van der Waals surface area contributed by atoms with E-state index in [0.29, 0.717) is 17.6 Å². The van der Waals surface area contributed by atoms with Crippen LogP contribution in [0.15, 0.2) is 46.6 Å². The number of aromatic nitrogens is 3. The highest BCUT2D eigenvalue weighted by molar-refractivity contribution is 7.16. The minimum Gasteiger partial charge on any atom is -0.348 e. The minimum absolute atomic E-state index is 0.180. The zero-order valence-corrected chi connectivity index (χ0v) is 12.1. The number of thiazole rings is 1. The van der Waals surface area contributed by atoms with Crippen LogP contribution in [0.2, 0.25) is 0 Å². The Labute approximate surface area is 128 Å². The van der Waals surface area contributed by atoms with Gasteiger partial charge < -0.3 is 9.84 Å². The van der Waals surface area contributed by atoms with Crippen molar-refractivity contribution in [1.82, 2.24) is 20.4 Å². The monoisotopic (exact) mass is 310 g/mol. The lowest BCUT2D eigenvalue weighted by molar-refractivity contribution is 0.0916. The second-order valence-corrected chi connectivity index (χ2v) is 5.54. The first-order chi connectivity index (χ1) is 10.8. The topological polar surface area (TPSA) is 80.9 Å². The van der Waals surface area contributed by atoms with Crippen LogP contribution in [-0.2, 0) is 6.54 Å². The van der Waals surface area contributed by atoms with Crippen LogP contribution in [0.3, 0.4) is 0 Å². The molecule has 0 aliphatic rings. The van der Waals surface area contributed by atoms with Crippen LogP contribution in [0.4, 0.5) is 0 Å². The largest absolute Gasteiger partial charge is 0.348 e. The van der Waals surface area contributed by atoms with Gasteiger partial charge in [0.15, 0.2) is 0 Å². The second-order valence-electron chi connectivity index (χ2n) is 4.69. The van der Waals surface area contributed by atoms with Crippen LogP contribution in [0.25, 0.3) is 21.3 Å². The number of nitrogens with zero attached hydrogens (tertiary/aromatic N) is 3. The summed E-state index contributed by atoms with van der Waals surface area (Å²) < 4.78 is 6.18. The van der Waals surface area contributed by atoms with E-state index < -0.39 is 0 Å². The molecule has 7 heteroatoms. The number of fused-ring (bicyclic) bond motifs is 2. The number of pyridine rings is 1. The van der Waals surface area contributed by atoms with Crippen LogP contribution in [0.5, 0.6) is 0 Å². The summed E-state index contributed by atoms with van der Waals surface area (Å²) in [6.45, 7) is 0.404. The fraction of sp³-hybridized carbons (Fsp3) is 0.0667. The van der Waals surface area contributed by atoms with Crippen LogP contribution in [0, 0.1) is 0 Å². The summed E-state index contributed by atoms with van der Waals surface area (Å²) in [5.41, 5.74) is 4.18. The van der Waals surface area contributed by atoms with Crippen molar-refractivity contribution in [3.63, 3.8) is 0 Å². The molecule has 1 aromatic carbocycles. The van der Waals surface area contributed by atoms with Crippen molar-refractivity contribution in [2.75, 3.05) is 0 Å². The number of benzene rings is 1. The lowest BCUT2D eigenvalue weighted by Gasteiger charge is -2.04. The standard InChI is InChI=1S/C15H10N4O2S/c20-15(12-10-4-2-6-16-14(10)19-21-12)17-7-9-3-1-5-11-13(9)22-8-18-11/h1-6,8H,7H2,(H,17,20). The van der Waals surface area contributed by atoms with Crippen molar-refractivity contribution in [1.29, 1.82) is 0 Å². The Bertz CT molecular complexity index is 976. The first-order valence-corrected chi connectivity index (χ1v) is 7.50. The maximum atomic E-state index is 12.3. The average Bonchev–Trinajstić information content (AvgIpc) is 3.19. The van der Waals surface area contributed by atoms with Crippen LogP contribution in [0.1, 0.15) is 16.1 Å². The third kappa shape index (κ3) is 2.11. The number of carbonyl (C=O) groups is 1. The number of hydrogen-bond donors (Lipinski definition) is 1. The quantitative estimate of drug-likeness (QED) is 0.629. The molecule has 0 saturated carbocycles. The third-order valence-corrected chi connectivity index (χ3v) is 4.26. The Morgan fingerprint density at radius 1 is 1.23 bits per heavy atom. The van der Waals surface area contributed by atoms with Gasteiger partial charge >= 0.3 is 0 Å². The van der Waals surface area contributed by atoms with Crippen LogP contribution >= 0.6 is 11.3 Å². The molecule has 0 aliphatic heterocycles. The molecule has 1 N–H and O–H groups in total. The van der Waals surface area contributed by atoms with Gasteiger partial charge in [-0.05, 0) is 23.8 Å². The molecular weight excluding hydrogens is 300 g/mol. The number of hydrogen-bond acceptors (Lipinski definition) is 6. The minimum atomic E-state index is -0.308. The molecular formula is C15H10N4O2S. The predicted octanol–water partition coefficient (Wildman–Crippen LogP) is 2.76. The SMILES string of the molecule is O=C(NCc1cccc2ncsc12)c1onc2ncccc12. The summed E-state index contributed by atoms with van der Waals surface area (Å²) in [4.78, 5) is 20.6. The summed E-state index contributed by atoms with van der Waals surface area (Å²) in [5.74, 6) is -0.128. The normalized spacial score (nSPS) is 11.1. The highest BCUT2D eigenvalue weighted by Crippen LogP contribution is 2.22. The summed E-state index contributed by atoms with van der Waals surface area (Å²) in [6, 6.07) is 9.36. The summed E-state index contributed by atoms with van der Waals surface area (Å²) in [6.07, 6.45) is 1.61. The number of carbonyl (C=O) groups excluding carboxylic acids is 1. The number of amides is 1. The fourth-order valence-corrected chi connectivity index (χ4v) is 3.09. The van der Waals surface area contributed by atoms with Gasteiger partial charge in [-0.1, -0.05) is 17.3 Å². The molecule has 0 atom stereocenters. The zero-order chi connectivity index (χ0) is 14.9. The van der Waals surface area contributed by atoms with Gasteiger partial charge in [-0.2, -0.15) is 0 Å². The first-order valence-electron chi connectivity index (χ1n) is 6.62. The van der Waals surface area contributed by atoms with E-state index in [1.807, 2.05) is 18.2 Å². The molecule has 0 fully saturated rings. The van der Waals surface area contributed by atoms with Crippen molar-refractivity contribution < 1.29 is 9.32 Å². The molecule has 6 nitrogen and oxygen atoms in total. The Morgan fingerprint density at radius 3 is 3.14 bits per heavy atom. The van der Waals surface area contributed by atoms with E-state index in [0.717, 1.165) is 15.8 Å². The molecule has 108 valence electrons. The van der Waals surface area contributed by atoms with Gasteiger partial charge in [-0.3, -0.25) is 4.79 Å². The molecule has 0 aliphatic carbocycles. The zero-order valence-electron chi connectivity index (χ0n) is 11.3. The second kappa shape index (κ2) is 5.19. The van der Waals surface area contributed by atoms with Gasteiger partial charge in [0.2, 0.25) is 11.4 Å². The molecule has 0 unspecified atom stereocenters. The van der Waals surface area contributed by atoms with Gasteiger partial charge in [-0.25, -0.2) is 9.97 Å². The summed E-state index contributed by atoms with van der Waals surface area (Å²) in [7, 11) is 0. The lowest BCUT2D eigenvalue weighted by atomic mass is 10.2. The molecule has 4 rings (SSSR count). The average molecular weight is 310 g/mol. The predicted molar refractivity (Wildman–Crippen MR) is 82.6 cm³/mol. The van der Waals surface area contributed by atoms with E-state index >= 15 is 0 Å². The van der Waals surface area contributed by atoms with Gasteiger partial charge in [-0.15, -0.1) is 11.3 Å². The molecule has 0 saturated heterocycles. The van der Waals surface area contributed by atoms with E-state index in [1.54, 1.807) is 35.2 Å². The van der Waals surface area contributed by atoms with E-state index in [-0.39, 0.29) is 11.7 Å². The fourth-order valence-electron chi connectivity index (χ4n) is 2.29. The molecule has 0 bridgehead atoms. The molecule has 22 heavy (non-hydrogen) atoms. The highest BCUT2D eigenvalue weighted by atomic mass is 32.1. The smallest absolute Gasteiger partial charge is 0.290 e. The molecule has 3 aromatic heterocycles. The third-order valence-electron chi connectivity index (χ3n) is 3.34. The van der Waals surface area contributed by atoms with Gasteiger partial charge in [0.1, 0.15) is 0 Å². The van der Waals surface area contributed by atoms with Crippen molar-refractivity contribution in [2.24, 2.45) is 0 Å². The maximum absolute atomic E-state index is 12.3. The molecule has 1 amide bonds. The van der Waals surface area contributed by atoms with E-state index in [4.69, 9.17) is 4.52 Å². The Hall–Kier alpha value is -2.80. The van der Waals surface area contributed by atoms with Crippen molar-refractivity contribution in [2.45, 2.75) is 6.54 Å². The Balaban J connectivity index is 1.59. The maximum Gasteiger partial charge on any atom is 0.290 e. The molecule has 0 radical (unpaired) electrons. The molecule has 4 aromatic rings. The first kappa shape index (κ1) is 12.9. The number of rotatable bonds is 3. The van der Waals surface area contributed by atoms with Crippen molar-refractivity contribution in [3.8, 4) is 0 Å². The van der Waals surface area contributed by atoms with Gasteiger partial charge in [0, 0.05) is 12.7 Å². The highest BCUT2D eigenvalue weighted by Gasteiger charge is 2.17.